The fraction of sp³-hybridized carbons (Fsp3) is 0.429. The van der Waals surface area contributed by atoms with Crippen LogP contribution in [0.1, 0.15) is 24.5 Å². The number of primary amides is 1. The maximum Gasteiger partial charge on any atom is 0.224 e. The number of halogens is 1. The Bertz CT molecular complexity index is 552. The van der Waals surface area contributed by atoms with E-state index in [1.54, 1.807) is 12.1 Å². The second-order valence-corrected chi connectivity index (χ2v) is 5.71. The van der Waals surface area contributed by atoms with Gasteiger partial charge in [0.1, 0.15) is 0 Å². The van der Waals surface area contributed by atoms with Crippen LogP contribution in [-0.4, -0.2) is 23.9 Å². The predicted molar refractivity (Wildman–Crippen MR) is 73.4 cm³/mol. The molecular formula is C14H16ClN3O. The zero-order valence-electron chi connectivity index (χ0n) is 10.8. The van der Waals surface area contributed by atoms with Crippen LogP contribution in [0, 0.1) is 16.7 Å². The predicted octanol–water partition coefficient (Wildman–Crippen LogP) is 1.91. The van der Waals surface area contributed by atoms with E-state index < -0.39 is 5.41 Å². The molecule has 0 spiro atoms. The number of hydrogen-bond donors (Lipinski definition) is 1. The molecule has 1 fully saturated rings. The van der Waals surface area contributed by atoms with Gasteiger partial charge in [0, 0.05) is 18.1 Å². The van der Waals surface area contributed by atoms with Crippen LogP contribution < -0.4 is 5.73 Å². The highest BCUT2D eigenvalue weighted by Gasteiger charge is 2.38. The normalized spacial score (nSPS) is 23.2. The molecule has 2 N–H and O–H groups in total. The van der Waals surface area contributed by atoms with Crippen LogP contribution in [0.15, 0.2) is 18.2 Å². The molecule has 0 aliphatic carbocycles. The fourth-order valence-electron chi connectivity index (χ4n) is 2.38. The van der Waals surface area contributed by atoms with Gasteiger partial charge in [0.25, 0.3) is 0 Å². The van der Waals surface area contributed by atoms with Crippen molar-refractivity contribution >= 4 is 17.5 Å². The molecular weight excluding hydrogens is 262 g/mol. The molecule has 5 heteroatoms. The summed E-state index contributed by atoms with van der Waals surface area (Å²) in [5, 5.41) is 9.39. The molecule has 1 saturated heterocycles. The number of nitriles is 1. The van der Waals surface area contributed by atoms with Crippen molar-refractivity contribution in [3.63, 3.8) is 0 Å². The number of benzene rings is 1. The van der Waals surface area contributed by atoms with E-state index in [1.165, 1.54) is 0 Å². The highest BCUT2D eigenvalue weighted by atomic mass is 35.5. The minimum Gasteiger partial charge on any atom is -0.369 e. The average Bonchev–Trinajstić information content (AvgIpc) is 2.75. The minimum atomic E-state index is -0.445. The van der Waals surface area contributed by atoms with Crippen LogP contribution in [-0.2, 0) is 11.3 Å². The third kappa shape index (κ3) is 2.89. The summed E-state index contributed by atoms with van der Waals surface area (Å²) in [6, 6.07) is 7.34. The molecule has 0 bridgehead atoms. The van der Waals surface area contributed by atoms with E-state index >= 15 is 0 Å². The average molecular weight is 278 g/mol. The van der Waals surface area contributed by atoms with Gasteiger partial charge in [-0.05, 0) is 37.6 Å². The SMILES string of the molecule is CC1(C(N)=O)CCN(Cc2ccc(C#N)cc2Cl)C1. The number of likely N-dealkylation sites (tertiary alicyclic amines) is 1. The second-order valence-electron chi connectivity index (χ2n) is 5.30. The summed E-state index contributed by atoms with van der Waals surface area (Å²) in [4.78, 5) is 13.6. The Morgan fingerprint density at radius 2 is 2.37 bits per heavy atom. The van der Waals surface area contributed by atoms with E-state index in [0.29, 0.717) is 23.7 Å². The molecule has 1 aliphatic heterocycles. The van der Waals surface area contributed by atoms with Gasteiger partial charge < -0.3 is 5.73 Å². The highest BCUT2D eigenvalue weighted by Crippen LogP contribution is 2.31. The molecule has 0 saturated carbocycles. The van der Waals surface area contributed by atoms with Crippen LogP contribution >= 0.6 is 11.6 Å². The Morgan fingerprint density at radius 3 is 2.89 bits per heavy atom. The van der Waals surface area contributed by atoms with Gasteiger partial charge in [0.15, 0.2) is 0 Å². The molecule has 4 nitrogen and oxygen atoms in total. The smallest absolute Gasteiger partial charge is 0.224 e. The minimum absolute atomic E-state index is 0.249. The first-order valence-electron chi connectivity index (χ1n) is 6.15. The molecule has 1 unspecified atom stereocenters. The summed E-state index contributed by atoms with van der Waals surface area (Å²) in [6.07, 6.45) is 0.774. The topological polar surface area (TPSA) is 70.1 Å². The number of hydrogen-bond acceptors (Lipinski definition) is 3. The van der Waals surface area contributed by atoms with Crippen molar-refractivity contribution < 1.29 is 4.79 Å². The molecule has 1 atom stereocenters. The lowest BCUT2D eigenvalue weighted by Crippen LogP contribution is -2.36. The Kier molecular flexibility index (Phi) is 3.79. The Labute approximate surface area is 117 Å². The van der Waals surface area contributed by atoms with E-state index in [0.717, 1.165) is 18.5 Å². The molecule has 1 heterocycles. The van der Waals surface area contributed by atoms with E-state index in [9.17, 15) is 4.79 Å². The third-order valence-electron chi connectivity index (χ3n) is 3.72. The Hall–Kier alpha value is -1.57. The lowest BCUT2D eigenvalue weighted by molar-refractivity contribution is -0.126. The zero-order chi connectivity index (χ0) is 14.0. The molecule has 1 aromatic carbocycles. The number of nitrogens with zero attached hydrogens (tertiary/aromatic N) is 2. The van der Waals surface area contributed by atoms with Gasteiger partial charge in [0.05, 0.1) is 17.0 Å². The van der Waals surface area contributed by atoms with Crippen molar-refractivity contribution in [1.82, 2.24) is 4.90 Å². The summed E-state index contributed by atoms with van der Waals surface area (Å²) in [7, 11) is 0. The van der Waals surface area contributed by atoms with Gasteiger partial charge in [-0.25, -0.2) is 0 Å². The summed E-state index contributed by atoms with van der Waals surface area (Å²) < 4.78 is 0. The maximum atomic E-state index is 11.4. The van der Waals surface area contributed by atoms with Crippen molar-refractivity contribution in [2.45, 2.75) is 19.9 Å². The van der Waals surface area contributed by atoms with Crippen LogP contribution in [0.3, 0.4) is 0 Å². The quantitative estimate of drug-likeness (QED) is 0.917. The number of carbonyl (C=O) groups excluding carboxylic acids is 1. The van der Waals surface area contributed by atoms with Crippen molar-refractivity contribution in [2.75, 3.05) is 13.1 Å². The van der Waals surface area contributed by atoms with Crippen LogP contribution in [0.5, 0.6) is 0 Å². The molecule has 1 amide bonds. The van der Waals surface area contributed by atoms with Gasteiger partial charge in [-0.2, -0.15) is 5.26 Å². The lowest BCUT2D eigenvalue weighted by atomic mass is 9.89. The van der Waals surface area contributed by atoms with Crippen molar-refractivity contribution in [3.05, 3.63) is 34.3 Å². The second kappa shape index (κ2) is 5.20. The Balaban J connectivity index is 2.08. The largest absolute Gasteiger partial charge is 0.369 e. The summed E-state index contributed by atoms with van der Waals surface area (Å²) in [6.45, 7) is 4.05. The first-order valence-corrected chi connectivity index (χ1v) is 6.53. The number of nitrogens with two attached hydrogens (primary N) is 1. The van der Waals surface area contributed by atoms with Crippen LogP contribution in [0.4, 0.5) is 0 Å². The molecule has 19 heavy (non-hydrogen) atoms. The van der Waals surface area contributed by atoms with Crippen molar-refractivity contribution in [1.29, 1.82) is 5.26 Å². The van der Waals surface area contributed by atoms with Gasteiger partial charge >= 0.3 is 0 Å². The van der Waals surface area contributed by atoms with Gasteiger partial charge in [0.2, 0.25) is 5.91 Å². The first kappa shape index (κ1) is 13.9. The van der Waals surface area contributed by atoms with Crippen molar-refractivity contribution in [3.8, 4) is 6.07 Å². The number of rotatable bonds is 3. The fourth-order valence-corrected chi connectivity index (χ4v) is 2.62. The molecule has 2 rings (SSSR count). The number of amides is 1. The summed E-state index contributed by atoms with van der Waals surface area (Å²) in [5.74, 6) is -0.249. The van der Waals surface area contributed by atoms with Crippen LogP contribution in [0.25, 0.3) is 0 Å². The van der Waals surface area contributed by atoms with Crippen molar-refractivity contribution in [2.24, 2.45) is 11.1 Å². The molecule has 100 valence electrons. The van der Waals surface area contributed by atoms with Gasteiger partial charge in [-0.15, -0.1) is 0 Å². The van der Waals surface area contributed by atoms with E-state index in [2.05, 4.69) is 11.0 Å². The molecule has 1 aromatic rings. The Morgan fingerprint density at radius 1 is 1.63 bits per heavy atom. The highest BCUT2D eigenvalue weighted by molar-refractivity contribution is 6.31. The van der Waals surface area contributed by atoms with E-state index in [4.69, 9.17) is 22.6 Å². The first-order chi connectivity index (χ1) is 8.94. The van der Waals surface area contributed by atoms with Crippen LogP contribution in [0.2, 0.25) is 5.02 Å². The van der Waals surface area contributed by atoms with E-state index in [1.807, 2.05) is 13.0 Å². The maximum absolute atomic E-state index is 11.4. The number of carbonyl (C=O) groups is 1. The molecule has 1 aliphatic rings. The lowest BCUT2D eigenvalue weighted by Gasteiger charge is -2.21. The summed E-state index contributed by atoms with van der Waals surface area (Å²) >= 11 is 6.15. The van der Waals surface area contributed by atoms with E-state index in [-0.39, 0.29) is 5.91 Å². The standard InChI is InChI=1S/C14H16ClN3O/c1-14(13(17)19)4-5-18(9-14)8-11-3-2-10(7-16)6-12(11)15/h2-3,6H,4-5,8-9H2,1H3,(H2,17,19). The monoisotopic (exact) mass is 277 g/mol. The van der Waals surface area contributed by atoms with Gasteiger partial charge in [-0.3, -0.25) is 9.69 Å². The molecule has 0 radical (unpaired) electrons. The zero-order valence-corrected chi connectivity index (χ0v) is 11.6. The summed E-state index contributed by atoms with van der Waals surface area (Å²) in [5.41, 5.74) is 6.50. The third-order valence-corrected chi connectivity index (χ3v) is 4.08. The van der Waals surface area contributed by atoms with Gasteiger partial charge in [-0.1, -0.05) is 17.7 Å². The molecule has 0 aromatic heterocycles.